The van der Waals surface area contributed by atoms with E-state index in [1.54, 1.807) is 7.11 Å². The van der Waals surface area contributed by atoms with Gasteiger partial charge in [0.1, 0.15) is 18.0 Å². The first-order chi connectivity index (χ1) is 23.4. The van der Waals surface area contributed by atoms with Gasteiger partial charge in [-0.2, -0.15) is 0 Å². The highest BCUT2D eigenvalue weighted by atomic mass is 28.4. The fraction of sp³-hybridized carbons (Fsp3) is 0.366. The Kier molecular flexibility index (Phi) is 11.3. The van der Waals surface area contributed by atoms with Gasteiger partial charge in [-0.1, -0.05) is 136 Å². The SMILES string of the molecule is COc1ccc([C@@H]2OC[C@H]3O[C@H](CO[Si](c4ccccc4)(c4ccccc4)C(C)(C)C)[C@@H](OCc4ccccc4)C/C=C\C[C@@H]3O2)cc1. The summed E-state index contributed by atoms with van der Waals surface area (Å²) in [6.07, 6.45) is 4.25. The van der Waals surface area contributed by atoms with Gasteiger partial charge in [0.15, 0.2) is 6.29 Å². The minimum absolute atomic E-state index is 0.167. The predicted octanol–water partition coefficient (Wildman–Crippen LogP) is 7.38. The van der Waals surface area contributed by atoms with Crippen LogP contribution in [0.4, 0.5) is 0 Å². The molecule has 1 fully saturated rings. The van der Waals surface area contributed by atoms with Crippen LogP contribution in [0.15, 0.2) is 127 Å². The van der Waals surface area contributed by atoms with Crippen LogP contribution in [0.5, 0.6) is 5.75 Å². The maximum Gasteiger partial charge on any atom is 0.261 e. The predicted molar refractivity (Wildman–Crippen MR) is 192 cm³/mol. The third kappa shape index (κ3) is 7.83. The summed E-state index contributed by atoms with van der Waals surface area (Å²) >= 11 is 0. The van der Waals surface area contributed by atoms with Crippen LogP contribution in [0.1, 0.15) is 51.0 Å². The zero-order valence-electron chi connectivity index (χ0n) is 28.5. The summed E-state index contributed by atoms with van der Waals surface area (Å²) in [5.41, 5.74) is 2.08. The van der Waals surface area contributed by atoms with E-state index in [1.165, 1.54) is 10.4 Å². The van der Waals surface area contributed by atoms with Gasteiger partial charge in [-0.05, 0) is 45.9 Å². The minimum Gasteiger partial charge on any atom is -0.497 e. The molecule has 0 unspecified atom stereocenters. The molecule has 0 radical (unpaired) electrons. The third-order valence-corrected chi connectivity index (χ3v) is 14.4. The number of rotatable bonds is 10. The summed E-state index contributed by atoms with van der Waals surface area (Å²) in [6.45, 7) is 8.15. The smallest absolute Gasteiger partial charge is 0.261 e. The largest absolute Gasteiger partial charge is 0.497 e. The molecule has 5 atom stereocenters. The first-order valence-corrected chi connectivity index (χ1v) is 18.9. The van der Waals surface area contributed by atoms with Crippen LogP contribution < -0.4 is 15.1 Å². The van der Waals surface area contributed by atoms with Crippen LogP contribution in [-0.2, 0) is 30.0 Å². The molecule has 0 aliphatic carbocycles. The molecule has 6 rings (SSSR count). The topological polar surface area (TPSA) is 55.4 Å². The van der Waals surface area contributed by atoms with Crippen molar-refractivity contribution in [2.45, 2.75) is 76.0 Å². The van der Waals surface area contributed by atoms with Crippen molar-refractivity contribution in [3.8, 4) is 5.75 Å². The second-order valence-electron chi connectivity index (χ2n) is 13.6. The van der Waals surface area contributed by atoms with Crippen LogP contribution in [-0.4, -0.2) is 53.1 Å². The van der Waals surface area contributed by atoms with Crippen LogP contribution in [0, 0.1) is 0 Å². The molecule has 0 spiro atoms. The van der Waals surface area contributed by atoms with Crippen molar-refractivity contribution < 1.29 is 28.1 Å². The highest BCUT2D eigenvalue weighted by Gasteiger charge is 2.51. The van der Waals surface area contributed by atoms with Gasteiger partial charge in [0, 0.05) is 5.56 Å². The highest BCUT2D eigenvalue weighted by Crippen LogP contribution is 2.38. The van der Waals surface area contributed by atoms with Gasteiger partial charge >= 0.3 is 0 Å². The van der Waals surface area contributed by atoms with Gasteiger partial charge in [-0.15, -0.1) is 0 Å². The van der Waals surface area contributed by atoms with Gasteiger partial charge < -0.3 is 28.1 Å². The van der Waals surface area contributed by atoms with Crippen molar-refractivity contribution in [3.63, 3.8) is 0 Å². The maximum atomic E-state index is 7.43. The fourth-order valence-corrected chi connectivity index (χ4v) is 11.4. The Balaban J connectivity index is 1.30. The van der Waals surface area contributed by atoms with E-state index in [0.29, 0.717) is 32.7 Å². The van der Waals surface area contributed by atoms with Crippen LogP contribution in [0.2, 0.25) is 5.04 Å². The summed E-state index contributed by atoms with van der Waals surface area (Å²) < 4.78 is 39.4. The van der Waals surface area contributed by atoms with E-state index >= 15 is 0 Å². The van der Waals surface area contributed by atoms with E-state index < -0.39 is 14.6 Å². The van der Waals surface area contributed by atoms with E-state index in [9.17, 15) is 0 Å². The number of fused-ring (bicyclic) bond motifs is 1. The first kappa shape index (κ1) is 34.3. The molecule has 4 aromatic carbocycles. The lowest BCUT2D eigenvalue weighted by Gasteiger charge is -2.45. The monoisotopic (exact) mass is 664 g/mol. The standard InChI is InChI=1S/C41H48O6Si/c1-41(2,3)48(34-18-10-6-11-19-34,35-20-12-7-13-21-35)45-30-39-36(43-28-31-16-8-5-9-17-31)22-14-15-23-37-38(46-39)29-44-40(47-37)32-24-26-33(42-4)27-25-32/h5-21,24-27,36-40H,22-23,28-30H2,1-4H3/b15-14-/t36-,37-,38+,39+,40+/m0/s1. The van der Waals surface area contributed by atoms with Crippen LogP contribution >= 0.6 is 0 Å². The van der Waals surface area contributed by atoms with Crippen molar-refractivity contribution in [1.82, 2.24) is 0 Å². The first-order valence-electron chi connectivity index (χ1n) is 17.0. The molecule has 0 aromatic heterocycles. The molecule has 0 amide bonds. The van der Waals surface area contributed by atoms with E-state index in [4.69, 9.17) is 28.1 Å². The molecule has 4 aromatic rings. The Morgan fingerprint density at radius 2 is 1.31 bits per heavy atom. The van der Waals surface area contributed by atoms with Crippen LogP contribution in [0.3, 0.4) is 0 Å². The molecular weight excluding hydrogens is 617 g/mol. The summed E-state index contributed by atoms with van der Waals surface area (Å²) in [5.74, 6) is 0.798. The van der Waals surface area contributed by atoms with E-state index in [-0.39, 0.29) is 29.5 Å². The summed E-state index contributed by atoms with van der Waals surface area (Å²) in [5, 5.41) is 2.30. The fourth-order valence-electron chi connectivity index (χ4n) is 6.84. The van der Waals surface area contributed by atoms with Gasteiger partial charge in [0.05, 0.1) is 39.1 Å². The van der Waals surface area contributed by atoms with E-state index in [0.717, 1.165) is 16.9 Å². The molecule has 252 valence electrons. The average molecular weight is 665 g/mol. The lowest BCUT2D eigenvalue weighted by Crippen LogP contribution is -2.67. The lowest BCUT2D eigenvalue weighted by molar-refractivity contribution is -0.278. The number of benzene rings is 4. The number of hydrogen-bond donors (Lipinski definition) is 0. The highest BCUT2D eigenvalue weighted by molar-refractivity contribution is 6.99. The zero-order valence-corrected chi connectivity index (χ0v) is 29.5. The van der Waals surface area contributed by atoms with Gasteiger partial charge in [-0.25, -0.2) is 0 Å². The molecule has 2 aliphatic heterocycles. The van der Waals surface area contributed by atoms with Gasteiger partial charge in [-0.3, -0.25) is 0 Å². The van der Waals surface area contributed by atoms with Gasteiger partial charge in [0.25, 0.3) is 8.32 Å². The van der Waals surface area contributed by atoms with E-state index in [2.05, 4.69) is 106 Å². The van der Waals surface area contributed by atoms with Crippen LogP contribution in [0.25, 0.3) is 0 Å². The normalized spacial score (nSPS) is 24.0. The molecule has 2 heterocycles. The summed E-state index contributed by atoms with van der Waals surface area (Å²) in [6, 6.07) is 39.6. The molecule has 2 aliphatic rings. The quantitative estimate of drug-likeness (QED) is 0.130. The molecule has 1 saturated heterocycles. The molecule has 6 nitrogen and oxygen atoms in total. The number of hydrogen-bond acceptors (Lipinski definition) is 6. The summed E-state index contributed by atoms with van der Waals surface area (Å²) in [4.78, 5) is 0. The Morgan fingerprint density at radius 3 is 1.92 bits per heavy atom. The number of methoxy groups -OCH3 is 1. The van der Waals surface area contributed by atoms with Crippen molar-refractivity contribution >= 4 is 18.7 Å². The minimum atomic E-state index is -2.82. The molecular formula is C41H48O6Si. The van der Waals surface area contributed by atoms with Crippen molar-refractivity contribution in [2.75, 3.05) is 20.3 Å². The number of ether oxygens (including phenoxy) is 5. The average Bonchev–Trinajstić information content (AvgIpc) is 3.20. The molecule has 48 heavy (non-hydrogen) atoms. The maximum absolute atomic E-state index is 7.43. The van der Waals surface area contributed by atoms with Crippen molar-refractivity contribution in [3.05, 3.63) is 139 Å². The van der Waals surface area contributed by atoms with Crippen molar-refractivity contribution in [2.24, 2.45) is 0 Å². The zero-order chi connectivity index (χ0) is 33.4. The Morgan fingerprint density at radius 1 is 0.708 bits per heavy atom. The Labute approximate surface area is 286 Å². The second-order valence-corrected chi connectivity index (χ2v) is 17.9. The molecule has 0 bridgehead atoms. The van der Waals surface area contributed by atoms with Crippen molar-refractivity contribution in [1.29, 1.82) is 0 Å². The lowest BCUT2D eigenvalue weighted by atomic mass is 10.1. The van der Waals surface area contributed by atoms with E-state index in [1.807, 2.05) is 42.5 Å². The molecule has 0 saturated carbocycles. The second kappa shape index (κ2) is 15.8. The third-order valence-electron chi connectivity index (χ3n) is 9.37. The summed E-state index contributed by atoms with van der Waals surface area (Å²) in [7, 11) is -1.16. The Bertz CT molecular complexity index is 1530. The van der Waals surface area contributed by atoms with Gasteiger partial charge in [0.2, 0.25) is 0 Å². The molecule has 7 heteroatoms. The molecule has 0 N–H and O–H groups in total. The Hall–Kier alpha value is -3.56.